The molecule has 0 fully saturated rings. The van der Waals surface area contributed by atoms with Crippen molar-refractivity contribution in [2.24, 2.45) is 10.9 Å². The first-order valence-electron chi connectivity index (χ1n) is 7.91. The molecular formula is C17H29FIN3O2. The van der Waals surface area contributed by atoms with Crippen LogP contribution in [0.5, 0.6) is 5.75 Å². The lowest BCUT2D eigenvalue weighted by Crippen LogP contribution is -2.37. The Labute approximate surface area is 161 Å². The summed E-state index contributed by atoms with van der Waals surface area (Å²) in [5, 5.41) is 6.36. The van der Waals surface area contributed by atoms with Gasteiger partial charge >= 0.3 is 0 Å². The Morgan fingerprint density at radius 3 is 2.62 bits per heavy atom. The Morgan fingerprint density at radius 2 is 2.04 bits per heavy atom. The van der Waals surface area contributed by atoms with Crippen LogP contribution in [-0.2, 0) is 11.3 Å². The normalized spacial score (nSPS) is 11.2. The molecule has 0 aromatic heterocycles. The van der Waals surface area contributed by atoms with Gasteiger partial charge in [-0.3, -0.25) is 4.99 Å². The fraction of sp³-hybridized carbons (Fsp3) is 0.588. The van der Waals surface area contributed by atoms with Gasteiger partial charge in [0.1, 0.15) is 0 Å². The summed E-state index contributed by atoms with van der Waals surface area (Å²) in [6.07, 6.45) is 0.907. The van der Waals surface area contributed by atoms with Gasteiger partial charge in [0.2, 0.25) is 0 Å². The minimum atomic E-state index is -0.364. The van der Waals surface area contributed by atoms with Gasteiger partial charge < -0.3 is 20.1 Å². The topological polar surface area (TPSA) is 54.9 Å². The van der Waals surface area contributed by atoms with Gasteiger partial charge in [0.15, 0.2) is 17.5 Å². The van der Waals surface area contributed by atoms with Crippen LogP contribution in [0.15, 0.2) is 23.2 Å². The second-order valence-corrected chi connectivity index (χ2v) is 5.64. The highest BCUT2D eigenvalue weighted by Crippen LogP contribution is 2.17. The quantitative estimate of drug-likeness (QED) is 0.261. The molecule has 7 heteroatoms. The third kappa shape index (κ3) is 9.27. The largest absolute Gasteiger partial charge is 0.494 e. The average Bonchev–Trinajstić information content (AvgIpc) is 2.53. The Hall–Kier alpha value is -1.09. The smallest absolute Gasteiger partial charge is 0.191 e. The van der Waals surface area contributed by atoms with Crippen LogP contribution in [-0.4, -0.2) is 39.9 Å². The molecule has 5 nitrogen and oxygen atoms in total. The summed E-state index contributed by atoms with van der Waals surface area (Å²) in [6, 6.07) is 4.90. The molecule has 0 amide bonds. The number of halogens is 2. The predicted octanol–water partition coefficient (Wildman–Crippen LogP) is 3.18. The highest BCUT2D eigenvalue weighted by Gasteiger charge is 2.04. The summed E-state index contributed by atoms with van der Waals surface area (Å²) < 4.78 is 24.0. The monoisotopic (exact) mass is 453 g/mol. The molecule has 2 N–H and O–H groups in total. The van der Waals surface area contributed by atoms with E-state index in [9.17, 15) is 4.39 Å². The van der Waals surface area contributed by atoms with Crippen LogP contribution in [0.4, 0.5) is 4.39 Å². The molecule has 0 radical (unpaired) electrons. The molecule has 0 atom stereocenters. The van der Waals surface area contributed by atoms with E-state index in [0.717, 1.165) is 31.7 Å². The molecule has 1 aromatic carbocycles. The minimum absolute atomic E-state index is 0. The molecule has 0 aliphatic heterocycles. The lowest BCUT2D eigenvalue weighted by atomic mass is 10.2. The number of hydrogen-bond donors (Lipinski definition) is 2. The number of hydrogen-bond acceptors (Lipinski definition) is 3. The third-order valence-corrected chi connectivity index (χ3v) is 3.11. The van der Waals surface area contributed by atoms with E-state index >= 15 is 0 Å². The van der Waals surface area contributed by atoms with E-state index in [4.69, 9.17) is 9.47 Å². The zero-order valence-electron chi connectivity index (χ0n) is 14.9. The Kier molecular flexibility index (Phi) is 12.6. The van der Waals surface area contributed by atoms with Crippen LogP contribution in [0.25, 0.3) is 0 Å². The predicted molar refractivity (Wildman–Crippen MR) is 107 cm³/mol. The van der Waals surface area contributed by atoms with E-state index in [1.807, 2.05) is 6.07 Å². The van der Waals surface area contributed by atoms with Crippen molar-refractivity contribution in [1.29, 1.82) is 0 Å². The van der Waals surface area contributed by atoms with E-state index in [1.54, 1.807) is 13.1 Å². The summed E-state index contributed by atoms with van der Waals surface area (Å²) in [5.41, 5.74) is 0.825. The second-order valence-electron chi connectivity index (χ2n) is 5.64. The van der Waals surface area contributed by atoms with E-state index in [-0.39, 0.29) is 35.5 Å². The van der Waals surface area contributed by atoms with Crippen molar-refractivity contribution in [3.05, 3.63) is 29.6 Å². The van der Waals surface area contributed by atoms with Gasteiger partial charge in [0, 0.05) is 33.4 Å². The third-order valence-electron chi connectivity index (χ3n) is 3.11. The summed E-state index contributed by atoms with van der Waals surface area (Å²) in [7, 11) is 3.16. The number of benzene rings is 1. The van der Waals surface area contributed by atoms with Gasteiger partial charge in [-0.15, -0.1) is 24.0 Å². The number of nitrogens with zero attached hydrogens (tertiary/aromatic N) is 1. The van der Waals surface area contributed by atoms with Crippen molar-refractivity contribution in [3.63, 3.8) is 0 Å². The van der Waals surface area contributed by atoms with Crippen molar-refractivity contribution >= 4 is 29.9 Å². The highest BCUT2D eigenvalue weighted by molar-refractivity contribution is 14.0. The van der Waals surface area contributed by atoms with Gasteiger partial charge in [-0.1, -0.05) is 19.9 Å². The highest BCUT2D eigenvalue weighted by atomic mass is 127. The van der Waals surface area contributed by atoms with Crippen LogP contribution in [0.1, 0.15) is 25.8 Å². The number of ether oxygens (including phenoxy) is 2. The number of methoxy groups -OCH3 is 1. The van der Waals surface area contributed by atoms with Crippen molar-refractivity contribution in [2.75, 3.05) is 33.9 Å². The second kappa shape index (κ2) is 13.2. The molecule has 0 heterocycles. The molecule has 0 aliphatic rings. The molecule has 0 aliphatic carbocycles. The van der Waals surface area contributed by atoms with Crippen LogP contribution >= 0.6 is 24.0 Å². The van der Waals surface area contributed by atoms with E-state index in [2.05, 4.69) is 29.5 Å². The lowest BCUT2D eigenvalue weighted by Gasteiger charge is -2.13. The molecule has 0 spiro atoms. The van der Waals surface area contributed by atoms with Gasteiger partial charge in [-0.2, -0.15) is 0 Å². The van der Waals surface area contributed by atoms with E-state index in [0.29, 0.717) is 18.4 Å². The number of aliphatic imine (C=N–C) groups is 1. The number of rotatable bonds is 9. The maximum Gasteiger partial charge on any atom is 0.191 e. The van der Waals surface area contributed by atoms with E-state index in [1.165, 1.54) is 13.2 Å². The lowest BCUT2D eigenvalue weighted by molar-refractivity contribution is 0.108. The molecule has 0 saturated heterocycles. The first kappa shape index (κ1) is 22.9. The van der Waals surface area contributed by atoms with Crippen molar-refractivity contribution in [1.82, 2.24) is 10.6 Å². The first-order chi connectivity index (χ1) is 11.1. The Balaban J connectivity index is 0.00000529. The standard InChI is InChI=1S/C17H28FN3O2.HI/c1-13(2)12-23-9-5-8-20-17(19-3)21-11-14-6-7-16(22-4)15(18)10-14;/h6-7,10,13H,5,8-9,11-12H2,1-4H3,(H2,19,20,21);1H. The zero-order chi connectivity index (χ0) is 17.1. The van der Waals surface area contributed by atoms with Crippen LogP contribution < -0.4 is 15.4 Å². The van der Waals surface area contributed by atoms with Crippen LogP contribution in [0.2, 0.25) is 0 Å². The maximum atomic E-state index is 13.6. The summed E-state index contributed by atoms with van der Waals surface area (Å²) in [6.45, 7) is 7.04. The number of nitrogens with one attached hydrogen (secondary N) is 2. The fourth-order valence-electron chi connectivity index (χ4n) is 1.93. The molecule has 0 saturated carbocycles. The van der Waals surface area contributed by atoms with Crippen LogP contribution in [0.3, 0.4) is 0 Å². The maximum absolute atomic E-state index is 13.6. The SMILES string of the molecule is CN=C(NCCCOCC(C)C)NCc1ccc(OC)c(F)c1.I. The molecule has 1 aromatic rings. The average molecular weight is 453 g/mol. The van der Waals surface area contributed by atoms with E-state index < -0.39 is 0 Å². The molecule has 1 rings (SSSR count). The van der Waals surface area contributed by atoms with Gasteiger partial charge in [0.25, 0.3) is 0 Å². The zero-order valence-corrected chi connectivity index (χ0v) is 17.2. The Morgan fingerprint density at radius 1 is 1.29 bits per heavy atom. The van der Waals surface area contributed by atoms with Crippen molar-refractivity contribution in [2.45, 2.75) is 26.8 Å². The molecule has 138 valence electrons. The minimum Gasteiger partial charge on any atom is -0.494 e. The van der Waals surface area contributed by atoms with Crippen molar-refractivity contribution < 1.29 is 13.9 Å². The summed E-state index contributed by atoms with van der Waals surface area (Å²) in [4.78, 5) is 4.14. The summed E-state index contributed by atoms with van der Waals surface area (Å²) in [5.74, 6) is 1.13. The molecular weight excluding hydrogens is 424 g/mol. The van der Waals surface area contributed by atoms with Crippen molar-refractivity contribution in [3.8, 4) is 5.75 Å². The van der Waals surface area contributed by atoms with Gasteiger partial charge in [-0.25, -0.2) is 4.39 Å². The Bertz CT molecular complexity index is 499. The fourth-order valence-corrected chi connectivity index (χ4v) is 1.93. The number of guanidine groups is 1. The molecule has 24 heavy (non-hydrogen) atoms. The molecule has 0 unspecified atom stereocenters. The van der Waals surface area contributed by atoms with Gasteiger partial charge in [0.05, 0.1) is 7.11 Å². The molecule has 0 bridgehead atoms. The van der Waals surface area contributed by atoms with Crippen LogP contribution in [0, 0.1) is 11.7 Å². The first-order valence-corrected chi connectivity index (χ1v) is 7.91. The van der Waals surface area contributed by atoms with Gasteiger partial charge in [-0.05, 0) is 30.0 Å². The summed E-state index contributed by atoms with van der Waals surface area (Å²) >= 11 is 0.